The van der Waals surface area contributed by atoms with Gasteiger partial charge in [0, 0.05) is 18.0 Å². The quantitative estimate of drug-likeness (QED) is 0.881. The highest BCUT2D eigenvalue weighted by Gasteiger charge is 2.09. The van der Waals surface area contributed by atoms with Crippen molar-refractivity contribution in [3.8, 4) is 22.9 Å². The third kappa shape index (κ3) is 2.58. The smallest absolute Gasteiger partial charge is 0.161 e. The fourth-order valence-electron chi connectivity index (χ4n) is 1.59. The van der Waals surface area contributed by atoms with Crippen LogP contribution in [0.15, 0.2) is 30.6 Å². The third-order valence-electron chi connectivity index (χ3n) is 2.30. The summed E-state index contributed by atoms with van der Waals surface area (Å²) in [4.78, 5) is 7.26. The molecule has 1 aromatic carbocycles. The van der Waals surface area contributed by atoms with Crippen LogP contribution in [0.3, 0.4) is 0 Å². The van der Waals surface area contributed by atoms with Crippen molar-refractivity contribution in [1.82, 2.24) is 9.97 Å². The Morgan fingerprint density at radius 1 is 1.24 bits per heavy atom. The standard InChI is InChI=1S/C13H16N2O2/c1-9(2)17-11-5-4-10(8-12(11)16-3)13-14-6-7-15-13/h4-9H,1-3H3,(H,14,15). The van der Waals surface area contributed by atoms with Crippen LogP contribution >= 0.6 is 0 Å². The summed E-state index contributed by atoms with van der Waals surface area (Å²) < 4.78 is 11.0. The molecular formula is C13H16N2O2. The monoisotopic (exact) mass is 232 g/mol. The number of benzene rings is 1. The van der Waals surface area contributed by atoms with E-state index in [1.807, 2.05) is 32.0 Å². The first-order valence-corrected chi connectivity index (χ1v) is 5.55. The number of hydrogen-bond acceptors (Lipinski definition) is 3. The summed E-state index contributed by atoms with van der Waals surface area (Å²) in [6.45, 7) is 3.97. The van der Waals surface area contributed by atoms with E-state index in [1.165, 1.54) is 0 Å². The average molecular weight is 232 g/mol. The molecule has 0 radical (unpaired) electrons. The molecule has 17 heavy (non-hydrogen) atoms. The van der Waals surface area contributed by atoms with Crippen molar-refractivity contribution in [1.29, 1.82) is 0 Å². The van der Waals surface area contributed by atoms with Crippen molar-refractivity contribution in [2.45, 2.75) is 20.0 Å². The molecule has 1 aromatic heterocycles. The molecule has 1 N–H and O–H groups in total. The maximum absolute atomic E-state index is 5.65. The number of rotatable bonds is 4. The molecule has 0 aliphatic carbocycles. The second-order valence-corrected chi connectivity index (χ2v) is 3.97. The van der Waals surface area contributed by atoms with Crippen LogP contribution in [0.2, 0.25) is 0 Å². The second kappa shape index (κ2) is 4.91. The van der Waals surface area contributed by atoms with Crippen LogP contribution in [0.1, 0.15) is 13.8 Å². The molecule has 1 heterocycles. The van der Waals surface area contributed by atoms with Crippen molar-refractivity contribution >= 4 is 0 Å². The first-order chi connectivity index (χ1) is 8.20. The number of aromatic amines is 1. The highest BCUT2D eigenvalue weighted by Crippen LogP contribution is 2.31. The summed E-state index contributed by atoms with van der Waals surface area (Å²) in [6, 6.07) is 5.77. The Balaban J connectivity index is 2.34. The molecule has 0 amide bonds. The molecule has 0 aliphatic heterocycles. The number of nitrogens with one attached hydrogen (secondary N) is 1. The minimum absolute atomic E-state index is 0.123. The molecule has 0 spiro atoms. The molecule has 0 fully saturated rings. The van der Waals surface area contributed by atoms with E-state index in [2.05, 4.69) is 9.97 Å². The molecule has 4 nitrogen and oxygen atoms in total. The van der Waals surface area contributed by atoms with Crippen LogP contribution in [0.4, 0.5) is 0 Å². The van der Waals surface area contributed by atoms with Crippen molar-refractivity contribution in [3.05, 3.63) is 30.6 Å². The van der Waals surface area contributed by atoms with Crippen molar-refractivity contribution in [2.75, 3.05) is 7.11 Å². The van der Waals surface area contributed by atoms with Crippen LogP contribution in [0.5, 0.6) is 11.5 Å². The van der Waals surface area contributed by atoms with Gasteiger partial charge < -0.3 is 14.5 Å². The maximum Gasteiger partial charge on any atom is 0.161 e. The van der Waals surface area contributed by atoms with E-state index in [9.17, 15) is 0 Å². The third-order valence-corrected chi connectivity index (χ3v) is 2.30. The number of H-pyrrole nitrogens is 1. The Labute approximate surface area is 101 Å². The summed E-state index contributed by atoms with van der Waals surface area (Å²) in [6.07, 6.45) is 3.64. The van der Waals surface area contributed by atoms with Crippen LogP contribution < -0.4 is 9.47 Å². The summed E-state index contributed by atoms with van der Waals surface area (Å²) >= 11 is 0. The van der Waals surface area contributed by atoms with Gasteiger partial charge in [0.1, 0.15) is 5.82 Å². The molecule has 0 bridgehead atoms. The van der Waals surface area contributed by atoms with Crippen molar-refractivity contribution in [2.24, 2.45) is 0 Å². The molecule has 2 rings (SSSR count). The van der Waals surface area contributed by atoms with Crippen molar-refractivity contribution < 1.29 is 9.47 Å². The van der Waals surface area contributed by atoms with Gasteiger partial charge in [0.25, 0.3) is 0 Å². The lowest BCUT2D eigenvalue weighted by Gasteiger charge is -2.14. The normalized spacial score (nSPS) is 10.6. The van der Waals surface area contributed by atoms with Gasteiger partial charge in [0.2, 0.25) is 0 Å². The number of aromatic nitrogens is 2. The predicted molar refractivity (Wildman–Crippen MR) is 66.3 cm³/mol. The molecule has 4 heteroatoms. The molecule has 2 aromatic rings. The first kappa shape index (κ1) is 11.5. The Morgan fingerprint density at radius 2 is 2.06 bits per heavy atom. The summed E-state index contributed by atoms with van der Waals surface area (Å²) in [5.74, 6) is 2.28. The predicted octanol–water partition coefficient (Wildman–Crippen LogP) is 2.87. The van der Waals surface area contributed by atoms with Gasteiger partial charge in [-0.15, -0.1) is 0 Å². The van der Waals surface area contributed by atoms with Gasteiger partial charge >= 0.3 is 0 Å². The SMILES string of the molecule is COc1cc(-c2ncc[nH]2)ccc1OC(C)C. The summed E-state index contributed by atoms with van der Waals surface area (Å²) in [5, 5.41) is 0. The Morgan fingerprint density at radius 3 is 2.65 bits per heavy atom. The van der Waals surface area contributed by atoms with Crippen LogP contribution in [-0.2, 0) is 0 Å². The Bertz CT molecular complexity index is 478. The summed E-state index contributed by atoms with van der Waals surface area (Å²) in [7, 11) is 1.63. The molecule has 0 saturated carbocycles. The lowest BCUT2D eigenvalue weighted by atomic mass is 10.2. The average Bonchev–Trinajstić information content (AvgIpc) is 2.82. The fourth-order valence-corrected chi connectivity index (χ4v) is 1.59. The highest BCUT2D eigenvalue weighted by molar-refractivity contribution is 5.61. The maximum atomic E-state index is 5.65. The number of hydrogen-bond donors (Lipinski definition) is 1. The number of imidazole rings is 1. The van der Waals surface area contributed by atoms with E-state index in [4.69, 9.17) is 9.47 Å². The van der Waals surface area contributed by atoms with Crippen LogP contribution in [-0.4, -0.2) is 23.2 Å². The van der Waals surface area contributed by atoms with Crippen LogP contribution in [0, 0.1) is 0 Å². The van der Waals surface area contributed by atoms with E-state index < -0.39 is 0 Å². The van der Waals surface area contributed by atoms with Gasteiger partial charge in [-0.2, -0.15) is 0 Å². The number of nitrogens with zero attached hydrogens (tertiary/aromatic N) is 1. The van der Waals surface area contributed by atoms with E-state index in [0.717, 1.165) is 17.1 Å². The van der Waals surface area contributed by atoms with Gasteiger partial charge in [0.05, 0.1) is 13.2 Å². The van der Waals surface area contributed by atoms with Gasteiger partial charge in [-0.05, 0) is 32.0 Å². The lowest BCUT2D eigenvalue weighted by molar-refractivity contribution is 0.230. The lowest BCUT2D eigenvalue weighted by Crippen LogP contribution is -2.06. The largest absolute Gasteiger partial charge is 0.493 e. The topological polar surface area (TPSA) is 47.1 Å². The zero-order valence-electron chi connectivity index (χ0n) is 10.2. The molecule has 0 saturated heterocycles. The Hall–Kier alpha value is -1.97. The minimum atomic E-state index is 0.123. The number of ether oxygens (including phenoxy) is 2. The van der Waals surface area contributed by atoms with Crippen molar-refractivity contribution in [3.63, 3.8) is 0 Å². The second-order valence-electron chi connectivity index (χ2n) is 3.97. The van der Waals surface area contributed by atoms with Gasteiger partial charge in [-0.25, -0.2) is 4.98 Å². The first-order valence-electron chi connectivity index (χ1n) is 5.55. The minimum Gasteiger partial charge on any atom is -0.493 e. The van der Waals surface area contributed by atoms with E-state index in [-0.39, 0.29) is 6.10 Å². The van der Waals surface area contributed by atoms with Gasteiger partial charge in [-0.1, -0.05) is 0 Å². The fraction of sp³-hybridized carbons (Fsp3) is 0.308. The number of methoxy groups -OCH3 is 1. The molecule has 0 aliphatic rings. The zero-order chi connectivity index (χ0) is 12.3. The Kier molecular flexibility index (Phi) is 3.32. The van der Waals surface area contributed by atoms with Gasteiger partial charge in [-0.3, -0.25) is 0 Å². The van der Waals surface area contributed by atoms with E-state index in [1.54, 1.807) is 19.5 Å². The van der Waals surface area contributed by atoms with E-state index >= 15 is 0 Å². The summed E-state index contributed by atoms with van der Waals surface area (Å²) in [5.41, 5.74) is 0.975. The molecule has 0 atom stereocenters. The highest BCUT2D eigenvalue weighted by atomic mass is 16.5. The van der Waals surface area contributed by atoms with Gasteiger partial charge in [0.15, 0.2) is 11.5 Å². The molecular weight excluding hydrogens is 216 g/mol. The molecule has 0 unspecified atom stereocenters. The molecule has 90 valence electrons. The van der Waals surface area contributed by atoms with E-state index in [0.29, 0.717) is 5.75 Å². The zero-order valence-corrected chi connectivity index (χ0v) is 10.2. The van der Waals surface area contributed by atoms with Crippen LogP contribution in [0.25, 0.3) is 11.4 Å².